The zero-order valence-electron chi connectivity index (χ0n) is 10.9. The van der Waals surface area contributed by atoms with Gasteiger partial charge in [0.1, 0.15) is 0 Å². The highest BCUT2D eigenvalue weighted by Gasteiger charge is 2.07. The summed E-state index contributed by atoms with van der Waals surface area (Å²) < 4.78 is 0. The van der Waals surface area contributed by atoms with Crippen LogP contribution in [0.3, 0.4) is 0 Å². The summed E-state index contributed by atoms with van der Waals surface area (Å²) in [5, 5.41) is 0. The molecule has 1 heteroatoms. The molecule has 0 aromatic heterocycles. The normalized spacial score (nSPS) is 12.8. The molecule has 1 rings (SSSR count). The summed E-state index contributed by atoms with van der Waals surface area (Å²) >= 11 is 0. The molecule has 0 bridgehead atoms. The van der Waals surface area contributed by atoms with E-state index in [-0.39, 0.29) is 0 Å². The molecule has 0 aliphatic carbocycles. The van der Waals surface area contributed by atoms with Gasteiger partial charge in [-0.1, -0.05) is 24.3 Å². The summed E-state index contributed by atoms with van der Waals surface area (Å²) in [6, 6.07) is 6.70. The van der Waals surface area contributed by atoms with Crippen LogP contribution < -0.4 is 0 Å². The third kappa shape index (κ3) is 3.06. The maximum absolute atomic E-state index is 4.69. The van der Waals surface area contributed by atoms with Crippen molar-refractivity contribution in [3.05, 3.63) is 47.0 Å². The molecule has 0 saturated heterocycles. The summed E-state index contributed by atoms with van der Waals surface area (Å²) in [6.07, 6.45) is 4.14. The molecule has 1 aromatic carbocycles. The number of nitrogens with zero attached hydrogens (tertiary/aromatic N) is 1. The van der Waals surface area contributed by atoms with Gasteiger partial charge in [0.05, 0.1) is 5.71 Å². The molecule has 0 saturated carbocycles. The van der Waals surface area contributed by atoms with Gasteiger partial charge < -0.3 is 0 Å². The Balaban J connectivity index is 3.32. The lowest BCUT2D eigenvalue weighted by Crippen LogP contribution is -2.06. The van der Waals surface area contributed by atoms with Crippen molar-refractivity contribution >= 4 is 5.71 Å². The molecular weight excluding hydrogens is 194 g/mol. The summed E-state index contributed by atoms with van der Waals surface area (Å²) in [5.41, 5.74) is 4.94. The van der Waals surface area contributed by atoms with E-state index in [0.717, 1.165) is 5.71 Å². The lowest BCUT2D eigenvalue weighted by Gasteiger charge is -2.11. The first-order valence-corrected chi connectivity index (χ1v) is 5.83. The fraction of sp³-hybridized carbons (Fsp3) is 0.400. The average Bonchev–Trinajstić information content (AvgIpc) is 2.16. The molecule has 0 fully saturated rings. The van der Waals surface area contributed by atoms with E-state index in [1.807, 2.05) is 13.0 Å². The van der Waals surface area contributed by atoms with Crippen LogP contribution >= 0.6 is 0 Å². The topological polar surface area (TPSA) is 12.4 Å². The molecule has 0 atom stereocenters. The van der Waals surface area contributed by atoms with E-state index in [1.54, 1.807) is 0 Å². The highest BCUT2D eigenvalue weighted by atomic mass is 14.8. The third-order valence-electron chi connectivity index (χ3n) is 2.46. The van der Waals surface area contributed by atoms with E-state index in [4.69, 9.17) is 0 Å². The van der Waals surface area contributed by atoms with Crippen LogP contribution in [0.2, 0.25) is 0 Å². The molecule has 16 heavy (non-hydrogen) atoms. The number of aryl methyl sites for hydroxylation is 2. The van der Waals surface area contributed by atoms with Crippen molar-refractivity contribution in [3.63, 3.8) is 0 Å². The van der Waals surface area contributed by atoms with Crippen molar-refractivity contribution in [2.24, 2.45) is 4.99 Å². The maximum atomic E-state index is 4.69. The average molecular weight is 215 g/mol. The molecule has 0 spiro atoms. The fourth-order valence-electron chi connectivity index (χ4n) is 1.85. The summed E-state index contributed by atoms with van der Waals surface area (Å²) in [5.74, 6) is 0. The Hall–Kier alpha value is -1.37. The van der Waals surface area contributed by atoms with Crippen LogP contribution in [-0.2, 0) is 0 Å². The Kier molecular flexibility index (Phi) is 4.48. The van der Waals surface area contributed by atoms with Gasteiger partial charge in [-0.3, -0.25) is 4.99 Å². The van der Waals surface area contributed by atoms with Gasteiger partial charge in [0.2, 0.25) is 0 Å². The van der Waals surface area contributed by atoms with Crippen molar-refractivity contribution < 1.29 is 0 Å². The van der Waals surface area contributed by atoms with Crippen molar-refractivity contribution in [1.82, 2.24) is 0 Å². The summed E-state index contributed by atoms with van der Waals surface area (Å²) in [4.78, 5) is 4.69. The molecule has 0 unspecified atom stereocenters. The number of hydrogen-bond donors (Lipinski definition) is 0. The van der Waals surface area contributed by atoms with Crippen LogP contribution in [0.4, 0.5) is 0 Å². The van der Waals surface area contributed by atoms with Gasteiger partial charge in [0.25, 0.3) is 0 Å². The monoisotopic (exact) mass is 215 g/mol. The Morgan fingerprint density at radius 1 is 1.19 bits per heavy atom. The van der Waals surface area contributed by atoms with E-state index in [9.17, 15) is 0 Å². The minimum absolute atomic E-state index is 0.324. The van der Waals surface area contributed by atoms with Crippen molar-refractivity contribution in [2.75, 3.05) is 0 Å². The first kappa shape index (κ1) is 12.7. The van der Waals surface area contributed by atoms with Gasteiger partial charge in [-0.05, 0) is 51.8 Å². The standard InChI is InChI=1S/C15H21N/c1-6-8-14(16-11(2)3)15-12(4)9-7-10-13(15)5/h6-11H,1-5H3/b8-6-,16-14+. The third-order valence-corrected chi connectivity index (χ3v) is 2.46. The zero-order chi connectivity index (χ0) is 12.1. The number of aliphatic imine (C=N–C) groups is 1. The van der Waals surface area contributed by atoms with Gasteiger partial charge in [0.15, 0.2) is 0 Å². The quantitative estimate of drug-likeness (QED) is 0.674. The summed E-state index contributed by atoms with van der Waals surface area (Å²) in [7, 11) is 0. The highest BCUT2D eigenvalue weighted by molar-refractivity contribution is 6.10. The van der Waals surface area contributed by atoms with E-state index < -0.39 is 0 Å². The second-order valence-electron chi connectivity index (χ2n) is 4.37. The predicted octanol–water partition coefficient (Wildman–Crippen LogP) is 4.08. The number of allylic oxidation sites excluding steroid dienone is 2. The predicted molar refractivity (Wildman–Crippen MR) is 72.4 cm³/mol. The van der Waals surface area contributed by atoms with Crippen molar-refractivity contribution in [1.29, 1.82) is 0 Å². The SMILES string of the molecule is C/C=C\C(=N/C(C)C)c1c(C)cccc1C. The van der Waals surface area contributed by atoms with Crippen LogP contribution in [0.25, 0.3) is 0 Å². The minimum Gasteiger partial charge on any atom is -0.282 e. The molecular formula is C15H21N. The van der Waals surface area contributed by atoms with Crippen LogP contribution in [0.5, 0.6) is 0 Å². The van der Waals surface area contributed by atoms with Gasteiger partial charge >= 0.3 is 0 Å². The van der Waals surface area contributed by atoms with E-state index >= 15 is 0 Å². The molecule has 0 N–H and O–H groups in total. The van der Waals surface area contributed by atoms with Crippen LogP contribution in [0.15, 0.2) is 35.3 Å². The van der Waals surface area contributed by atoms with E-state index in [1.165, 1.54) is 16.7 Å². The van der Waals surface area contributed by atoms with E-state index in [2.05, 4.69) is 57.0 Å². The second-order valence-corrected chi connectivity index (χ2v) is 4.37. The highest BCUT2D eigenvalue weighted by Crippen LogP contribution is 2.16. The van der Waals surface area contributed by atoms with Gasteiger partial charge in [-0.25, -0.2) is 0 Å². The Morgan fingerprint density at radius 2 is 1.75 bits per heavy atom. The maximum Gasteiger partial charge on any atom is 0.0651 e. The van der Waals surface area contributed by atoms with Crippen LogP contribution in [-0.4, -0.2) is 11.8 Å². The van der Waals surface area contributed by atoms with Gasteiger partial charge in [0, 0.05) is 11.6 Å². The van der Waals surface area contributed by atoms with Crippen LogP contribution in [0, 0.1) is 13.8 Å². The molecule has 0 heterocycles. The molecule has 0 aliphatic rings. The molecule has 1 nitrogen and oxygen atoms in total. The number of hydrogen-bond acceptors (Lipinski definition) is 1. The Morgan fingerprint density at radius 3 is 2.19 bits per heavy atom. The Labute approximate surface area is 98.9 Å². The van der Waals surface area contributed by atoms with Crippen molar-refractivity contribution in [3.8, 4) is 0 Å². The molecule has 86 valence electrons. The fourth-order valence-corrected chi connectivity index (χ4v) is 1.85. The second kappa shape index (κ2) is 5.64. The lowest BCUT2D eigenvalue weighted by atomic mass is 9.98. The van der Waals surface area contributed by atoms with Gasteiger partial charge in [-0.2, -0.15) is 0 Å². The van der Waals surface area contributed by atoms with Gasteiger partial charge in [-0.15, -0.1) is 0 Å². The molecule has 0 aliphatic heterocycles. The van der Waals surface area contributed by atoms with Crippen molar-refractivity contribution in [2.45, 2.75) is 40.7 Å². The lowest BCUT2D eigenvalue weighted by molar-refractivity contribution is 0.837. The summed E-state index contributed by atoms with van der Waals surface area (Å²) in [6.45, 7) is 10.5. The molecule has 1 aromatic rings. The zero-order valence-corrected chi connectivity index (χ0v) is 10.9. The molecule has 0 amide bonds. The number of benzene rings is 1. The Bertz CT molecular complexity index is 391. The van der Waals surface area contributed by atoms with Crippen LogP contribution in [0.1, 0.15) is 37.5 Å². The van der Waals surface area contributed by atoms with E-state index in [0.29, 0.717) is 6.04 Å². The molecule has 0 radical (unpaired) electrons. The minimum atomic E-state index is 0.324. The first-order valence-electron chi connectivity index (χ1n) is 5.83. The largest absolute Gasteiger partial charge is 0.282 e. The smallest absolute Gasteiger partial charge is 0.0651 e. The first-order chi connectivity index (χ1) is 7.56. The number of rotatable bonds is 3.